The van der Waals surface area contributed by atoms with Crippen molar-refractivity contribution in [3.05, 3.63) is 47.8 Å². The van der Waals surface area contributed by atoms with Crippen molar-refractivity contribution in [1.82, 2.24) is 0 Å². The van der Waals surface area contributed by atoms with Gasteiger partial charge in [-0.2, -0.15) is 0 Å². The third kappa shape index (κ3) is 8.38. The van der Waals surface area contributed by atoms with Gasteiger partial charge in [0.25, 0.3) is 0 Å². The lowest BCUT2D eigenvalue weighted by atomic mass is 10.1. The van der Waals surface area contributed by atoms with Crippen LogP contribution in [0.4, 0.5) is 0 Å². The summed E-state index contributed by atoms with van der Waals surface area (Å²) in [7, 11) is -4.10. The summed E-state index contributed by atoms with van der Waals surface area (Å²) in [5.41, 5.74) is 5.21. The van der Waals surface area contributed by atoms with E-state index >= 15 is 0 Å². The molecule has 0 aliphatic rings. The number of rotatable bonds is 2. The van der Waals surface area contributed by atoms with E-state index in [0.29, 0.717) is 6.04 Å². The third-order valence-electron chi connectivity index (χ3n) is 1.71. The lowest BCUT2D eigenvalue weighted by Crippen LogP contribution is -2.51. The Morgan fingerprint density at radius 2 is 1.94 bits per heavy atom. The Kier molecular flexibility index (Phi) is 6.93. The molecule has 0 saturated carbocycles. The average Bonchev–Trinajstić information content (AvgIpc) is 2.18. The molecule has 0 aromatic heterocycles. The monoisotopic (exact) mass is 243 g/mol. The summed E-state index contributed by atoms with van der Waals surface area (Å²) in [6.45, 7) is 3.61. The Morgan fingerprint density at radius 3 is 2.12 bits per heavy atom. The minimum absolute atomic E-state index is 0.409. The molecular formula is C11H18NO3P. The van der Waals surface area contributed by atoms with Crippen LogP contribution in [0.3, 0.4) is 0 Å². The van der Waals surface area contributed by atoms with E-state index in [1.165, 1.54) is 18.6 Å². The summed E-state index contributed by atoms with van der Waals surface area (Å²) < 4.78 is 9.73. The molecule has 5 heteroatoms. The van der Waals surface area contributed by atoms with Crippen LogP contribution in [0.15, 0.2) is 42.2 Å². The molecule has 0 aliphatic heterocycles. The molecule has 0 saturated heterocycles. The second-order valence-corrected chi connectivity index (χ2v) is 4.78. The fraction of sp³-hybridized carbons (Fsp3) is 0.273. The van der Waals surface area contributed by atoms with Crippen molar-refractivity contribution in [2.45, 2.75) is 19.9 Å². The molecule has 0 fully saturated rings. The summed E-state index contributed by atoms with van der Waals surface area (Å²) in [5.74, 6) is 0.743. The molecule has 0 spiro atoms. The molecule has 0 amide bonds. The number of benzene rings is 1. The molecular weight excluding hydrogens is 225 g/mol. The Bertz CT molecular complexity index is 357. The van der Waals surface area contributed by atoms with E-state index in [-0.39, 0.29) is 0 Å². The van der Waals surface area contributed by atoms with Gasteiger partial charge in [-0.25, -0.2) is 0 Å². The highest BCUT2D eigenvalue weighted by molar-refractivity contribution is 7.53. The summed E-state index contributed by atoms with van der Waals surface area (Å²) in [6, 6.07) is 10.7. The highest BCUT2D eigenvalue weighted by Crippen LogP contribution is 2.29. The molecule has 0 bridgehead atoms. The van der Waals surface area contributed by atoms with Crippen molar-refractivity contribution < 1.29 is 20.1 Å². The summed E-state index contributed by atoms with van der Waals surface area (Å²) in [5, 5.41) is 0. The second kappa shape index (κ2) is 7.36. The first-order valence-corrected chi connectivity index (χ1v) is 6.57. The molecule has 0 radical (unpaired) electrons. The maximum Gasteiger partial charge on any atom is 0.154 e. The molecule has 4 N–H and O–H groups in total. The Hall–Kier alpha value is -0.930. The van der Waals surface area contributed by atoms with Gasteiger partial charge >= 0.3 is 0 Å². The molecule has 4 nitrogen and oxygen atoms in total. The summed E-state index contributed by atoms with van der Waals surface area (Å²) in [4.78, 5) is 17.7. The van der Waals surface area contributed by atoms with Crippen molar-refractivity contribution in [2.75, 3.05) is 0 Å². The van der Waals surface area contributed by atoms with Gasteiger partial charge in [0.05, 0.1) is 0 Å². The molecule has 2 atom stereocenters. The Morgan fingerprint density at radius 1 is 1.44 bits per heavy atom. The van der Waals surface area contributed by atoms with Crippen molar-refractivity contribution >= 4 is 7.60 Å². The first-order chi connectivity index (χ1) is 7.37. The highest BCUT2D eigenvalue weighted by atomic mass is 31.2. The molecule has 90 valence electrons. The minimum atomic E-state index is -4.10. The maximum absolute atomic E-state index is 9.73. The third-order valence-corrected chi connectivity index (χ3v) is 2.38. The average molecular weight is 243 g/mol. The van der Waals surface area contributed by atoms with Crippen LogP contribution in [-0.4, -0.2) is 4.89 Å². The number of hydrogen-bond acceptors (Lipinski definition) is 2. The summed E-state index contributed by atoms with van der Waals surface area (Å²) in [6.07, 6.45) is 1.26. The van der Waals surface area contributed by atoms with Gasteiger partial charge in [0, 0.05) is 5.56 Å². The Balaban J connectivity index is 0.000000293. The fourth-order valence-electron chi connectivity index (χ4n) is 0.970. The number of hydrogen-bond donors (Lipinski definition) is 2. The SMILES string of the molecule is C/C=C\P(=O)([O-])O.C[C@@H]([NH3+])c1ccccc1. The zero-order chi connectivity index (χ0) is 12.6. The van der Waals surface area contributed by atoms with Crippen molar-refractivity contribution in [2.24, 2.45) is 0 Å². The van der Waals surface area contributed by atoms with E-state index in [1.807, 2.05) is 18.2 Å². The fourth-order valence-corrected chi connectivity index (χ4v) is 1.35. The first kappa shape index (κ1) is 15.1. The molecule has 0 aliphatic carbocycles. The standard InChI is InChI=1S/C8H11N.C3H7O3P/c1-7(9)8-5-3-2-4-6-8;1-2-3-7(4,5)6/h2-7H,9H2,1H3;2-3H,1H3,(H2,4,5,6)/b;3-2-/t7-;/m1./s1. The quantitative estimate of drug-likeness (QED) is 0.761. The van der Waals surface area contributed by atoms with E-state index in [1.54, 1.807) is 0 Å². The zero-order valence-electron chi connectivity index (χ0n) is 9.54. The molecule has 1 aromatic rings. The van der Waals surface area contributed by atoms with E-state index in [0.717, 1.165) is 5.82 Å². The van der Waals surface area contributed by atoms with Gasteiger partial charge < -0.3 is 20.1 Å². The maximum atomic E-state index is 9.73. The van der Waals surface area contributed by atoms with Crippen molar-refractivity contribution in [3.8, 4) is 0 Å². The zero-order valence-corrected chi connectivity index (χ0v) is 10.4. The highest BCUT2D eigenvalue weighted by Gasteiger charge is 1.97. The van der Waals surface area contributed by atoms with Gasteiger partial charge in [-0.05, 0) is 19.7 Å². The summed E-state index contributed by atoms with van der Waals surface area (Å²) >= 11 is 0. The van der Waals surface area contributed by atoms with Crippen LogP contribution in [0.25, 0.3) is 0 Å². The second-order valence-electron chi connectivity index (χ2n) is 3.36. The molecule has 16 heavy (non-hydrogen) atoms. The topological polar surface area (TPSA) is 88.0 Å². The van der Waals surface area contributed by atoms with Crippen LogP contribution in [0, 0.1) is 0 Å². The first-order valence-electron chi connectivity index (χ1n) is 4.92. The van der Waals surface area contributed by atoms with E-state index in [2.05, 4.69) is 24.8 Å². The smallest absolute Gasteiger partial charge is 0.154 e. The van der Waals surface area contributed by atoms with Crippen molar-refractivity contribution in [1.29, 1.82) is 0 Å². The largest absolute Gasteiger partial charge is 0.776 e. The van der Waals surface area contributed by atoms with E-state index in [9.17, 15) is 9.46 Å². The van der Waals surface area contributed by atoms with Gasteiger partial charge in [0.1, 0.15) is 6.04 Å². The van der Waals surface area contributed by atoms with Crippen LogP contribution < -0.4 is 10.6 Å². The number of allylic oxidation sites excluding steroid dienone is 1. The van der Waals surface area contributed by atoms with Crippen LogP contribution in [-0.2, 0) is 4.57 Å². The van der Waals surface area contributed by atoms with Crippen molar-refractivity contribution in [3.63, 3.8) is 0 Å². The minimum Gasteiger partial charge on any atom is -0.776 e. The lowest BCUT2D eigenvalue weighted by molar-refractivity contribution is -0.420. The van der Waals surface area contributed by atoms with Gasteiger partial charge in [0.15, 0.2) is 7.60 Å². The van der Waals surface area contributed by atoms with E-state index in [4.69, 9.17) is 4.89 Å². The van der Waals surface area contributed by atoms with Crippen LogP contribution in [0.1, 0.15) is 25.5 Å². The van der Waals surface area contributed by atoms with Gasteiger partial charge in [0.2, 0.25) is 0 Å². The van der Waals surface area contributed by atoms with Gasteiger partial charge in [-0.1, -0.05) is 36.4 Å². The van der Waals surface area contributed by atoms with Crippen LogP contribution in [0.5, 0.6) is 0 Å². The molecule has 1 aromatic carbocycles. The predicted molar refractivity (Wildman–Crippen MR) is 62.4 cm³/mol. The number of quaternary nitrogens is 1. The molecule has 1 rings (SSSR count). The molecule has 1 unspecified atom stereocenters. The normalized spacial score (nSPS) is 16.1. The molecule has 0 heterocycles. The lowest BCUT2D eigenvalue weighted by Gasteiger charge is -2.07. The van der Waals surface area contributed by atoms with Gasteiger partial charge in [-0.3, -0.25) is 0 Å². The van der Waals surface area contributed by atoms with E-state index < -0.39 is 7.60 Å². The van der Waals surface area contributed by atoms with Crippen LogP contribution >= 0.6 is 7.60 Å². The Labute approximate surface area is 96.0 Å². The predicted octanol–water partition coefficient (Wildman–Crippen LogP) is 1.06. The van der Waals surface area contributed by atoms with Gasteiger partial charge in [-0.15, -0.1) is 0 Å². The van der Waals surface area contributed by atoms with Crippen LogP contribution in [0.2, 0.25) is 0 Å².